The van der Waals surface area contributed by atoms with Gasteiger partial charge in [-0.25, -0.2) is 18.6 Å². The van der Waals surface area contributed by atoms with Crippen molar-refractivity contribution in [2.24, 2.45) is 14.1 Å². The van der Waals surface area contributed by atoms with Crippen LogP contribution in [0.1, 0.15) is 10.4 Å². The van der Waals surface area contributed by atoms with Crippen LogP contribution in [0, 0.1) is 11.6 Å². The number of fused-ring (bicyclic) bond motifs is 1. The lowest BCUT2D eigenvalue weighted by Gasteiger charge is -2.09. The Hall–Kier alpha value is -3.36. The number of anilines is 1. The molecule has 0 atom stereocenters. The highest BCUT2D eigenvalue weighted by atomic mass is 19.1. The molecule has 1 N–H and O–H groups in total. The molecule has 0 fully saturated rings. The molecule has 25 heavy (non-hydrogen) atoms. The second-order valence-electron chi connectivity index (χ2n) is 5.38. The average molecular weight is 346 g/mol. The number of hydrogen-bond donors (Lipinski definition) is 1. The van der Waals surface area contributed by atoms with Crippen molar-refractivity contribution in [1.29, 1.82) is 0 Å². The molecule has 128 valence electrons. The van der Waals surface area contributed by atoms with Gasteiger partial charge < -0.3 is 5.32 Å². The first-order chi connectivity index (χ1) is 11.8. The highest BCUT2D eigenvalue weighted by Crippen LogP contribution is 2.15. The van der Waals surface area contributed by atoms with E-state index in [9.17, 15) is 23.2 Å². The Morgan fingerprint density at radius 1 is 1.12 bits per heavy atom. The Bertz CT molecular complexity index is 1130. The van der Waals surface area contributed by atoms with Gasteiger partial charge in [0.2, 0.25) is 0 Å². The van der Waals surface area contributed by atoms with Crippen molar-refractivity contribution >= 4 is 22.6 Å². The minimum atomic E-state index is -1.01. The number of aromatic nitrogens is 3. The van der Waals surface area contributed by atoms with Gasteiger partial charge in [-0.05, 0) is 18.2 Å². The Morgan fingerprint density at radius 3 is 2.52 bits per heavy atom. The normalized spacial score (nSPS) is 10.9. The summed E-state index contributed by atoms with van der Waals surface area (Å²) in [6.45, 7) is 0. The maximum Gasteiger partial charge on any atom is 0.332 e. The van der Waals surface area contributed by atoms with Gasteiger partial charge in [0.15, 0.2) is 0 Å². The molecule has 0 saturated carbocycles. The standard InChI is InChI=1S/C16H12F2N4O3/c1-21-13-11(15(24)22(2)16(21)25)6-9(7-19-13)20-14(23)10-4-3-8(17)5-12(10)18/h3-7H,1-2H3,(H,20,23). The maximum absolute atomic E-state index is 13.7. The lowest BCUT2D eigenvalue weighted by molar-refractivity contribution is 0.102. The molecular weight excluding hydrogens is 334 g/mol. The van der Waals surface area contributed by atoms with Gasteiger partial charge in [-0.1, -0.05) is 0 Å². The quantitative estimate of drug-likeness (QED) is 0.755. The van der Waals surface area contributed by atoms with Crippen LogP contribution >= 0.6 is 0 Å². The van der Waals surface area contributed by atoms with Crippen molar-refractivity contribution in [3.63, 3.8) is 0 Å². The van der Waals surface area contributed by atoms with E-state index in [1.54, 1.807) is 0 Å². The summed E-state index contributed by atoms with van der Waals surface area (Å²) in [6.07, 6.45) is 1.24. The molecule has 1 aromatic carbocycles. The first-order valence-corrected chi connectivity index (χ1v) is 7.12. The van der Waals surface area contributed by atoms with Crippen LogP contribution in [0.2, 0.25) is 0 Å². The van der Waals surface area contributed by atoms with E-state index in [-0.39, 0.29) is 22.3 Å². The van der Waals surface area contributed by atoms with Crippen LogP contribution in [0.15, 0.2) is 40.1 Å². The van der Waals surface area contributed by atoms with E-state index >= 15 is 0 Å². The maximum atomic E-state index is 13.7. The van der Waals surface area contributed by atoms with E-state index in [1.807, 2.05) is 0 Å². The van der Waals surface area contributed by atoms with Crippen LogP contribution in [-0.2, 0) is 14.1 Å². The number of carbonyl (C=O) groups is 1. The second kappa shape index (κ2) is 5.93. The molecule has 0 saturated heterocycles. The first kappa shape index (κ1) is 16.5. The van der Waals surface area contributed by atoms with Crippen molar-refractivity contribution < 1.29 is 13.6 Å². The summed E-state index contributed by atoms with van der Waals surface area (Å²) in [4.78, 5) is 40.2. The number of pyridine rings is 1. The second-order valence-corrected chi connectivity index (χ2v) is 5.38. The molecule has 0 aliphatic carbocycles. The highest BCUT2D eigenvalue weighted by Gasteiger charge is 2.15. The van der Waals surface area contributed by atoms with Crippen LogP contribution < -0.4 is 16.6 Å². The molecule has 2 aromatic heterocycles. The van der Waals surface area contributed by atoms with Gasteiger partial charge >= 0.3 is 5.69 Å². The van der Waals surface area contributed by atoms with Crippen LogP contribution in [0.4, 0.5) is 14.5 Å². The van der Waals surface area contributed by atoms with Gasteiger partial charge in [0.25, 0.3) is 11.5 Å². The zero-order valence-electron chi connectivity index (χ0n) is 13.2. The third kappa shape index (κ3) is 2.80. The lowest BCUT2D eigenvalue weighted by Crippen LogP contribution is -2.37. The molecule has 0 bridgehead atoms. The van der Waals surface area contributed by atoms with Crippen LogP contribution in [-0.4, -0.2) is 20.0 Å². The third-order valence-corrected chi connectivity index (χ3v) is 3.73. The molecular formula is C16H12F2N4O3. The largest absolute Gasteiger partial charge is 0.332 e. The molecule has 3 aromatic rings. The Labute approximate surface area is 139 Å². The predicted octanol–water partition coefficient (Wildman–Crippen LogP) is 1.16. The molecule has 0 unspecified atom stereocenters. The fourth-order valence-corrected chi connectivity index (χ4v) is 2.41. The Balaban J connectivity index is 2.04. The van der Waals surface area contributed by atoms with Crippen molar-refractivity contribution in [2.75, 3.05) is 5.32 Å². The number of aryl methyl sites for hydroxylation is 1. The van der Waals surface area contributed by atoms with Crippen molar-refractivity contribution in [3.05, 3.63) is 68.5 Å². The van der Waals surface area contributed by atoms with E-state index in [4.69, 9.17) is 0 Å². The van der Waals surface area contributed by atoms with E-state index < -0.39 is 28.8 Å². The summed E-state index contributed by atoms with van der Waals surface area (Å²) in [7, 11) is 2.78. The summed E-state index contributed by atoms with van der Waals surface area (Å²) in [5.74, 6) is -2.63. The molecule has 0 spiro atoms. The van der Waals surface area contributed by atoms with Crippen LogP contribution in [0.5, 0.6) is 0 Å². The Kier molecular flexibility index (Phi) is 3.91. The zero-order valence-corrected chi connectivity index (χ0v) is 13.2. The Morgan fingerprint density at radius 2 is 1.84 bits per heavy atom. The highest BCUT2D eigenvalue weighted by molar-refractivity contribution is 6.04. The molecule has 3 rings (SSSR count). The van der Waals surface area contributed by atoms with Gasteiger partial charge in [-0.3, -0.25) is 18.7 Å². The summed E-state index contributed by atoms with van der Waals surface area (Å²) in [5.41, 5.74) is -1.17. The van der Waals surface area contributed by atoms with Gasteiger partial charge in [0.1, 0.15) is 17.3 Å². The minimum Gasteiger partial charge on any atom is -0.320 e. The number of halogens is 2. The summed E-state index contributed by atoms with van der Waals surface area (Å²) >= 11 is 0. The summed E-state index contributed by atoms with van der Waals surface area (Å²) in [5, 5.41) is 2.50. The number of carbonyl (C=O) groups excluding carboxylic acids is 1. The van der Waals surface area contributed by atoms with Crippen LogP contribution in [0.3, 0.4) is 0 Å². The van der Waals surface area contributed by atoms with Gasteiger partial charge in [-0.15, -0.1) is 0 Å². The average Bonchev–Trinajstić information content (AvgIpc) is 2.57. The SMILES string of the molecule is Cn1c(=O)c2cc(NC(=O)c3ccc(F)cc3F)cnc2n(C)c1=O. The molecule has 7 nitrogen and oxygen atoms in total. The first-order valence-electron chi connectivity index (χ1n) is 7.12. The fraction of sp³-hybridized carbons (Fsp3) is 0.125. The van der Waals surface area contributed by atoms with Gasteiger partial charge in [0.05, 0.1) is 22.8 Å². The van der Waals surface area contributed by atoms with Crippen molar-refractivity contribution in [1.82, 2.24) is 14.1 Å². The minimum absolute atomic E-state index is 0.113. The lowest BCUT2D eigenvalue weighted by atomic mass is 10.2. The molecule has 0 aliphatic heterocycles. The summed E-state index contributed by atoms with van der Waals surface area (Å²) in [6, 6.07) is 3.90. The van der Waals surface area contributed by atoms with E-state index in [2.05, 4.69) is 10.3 Å². The summed E-state index contributed by atoms with van der Waals surface area (Å²) < 4.78 is 28.7. The number of amides is 1. The predicted molar refractivity (Wildman–Crippen MR) is 86.5 cm³/mol. The number of nitrogens with one attached hydrogen (secondary N) is 1. The molecule has 2 heterocycles. The molecule has 1 amide bonds. The third-order valence-electron chi connectivity index (χ3n) is 3.73. The number of hydrogen-bond acceptors (Lipinski definition) is 4. The van der Waals surface area contributed by atoms with Gasteiger partial charge in [-0.2, -0.15) is 0 Å². The molecule has 9 heteroatoms. The number of rotatable bonds is 2. The van der Waals surface area contributed by atoms with Crippen LogP contribution in [0.25, 0.3) is 11.0 Å². The van der Waals surface area contributed by atoms with Crippen molar-refractivity contribution in [2.45, 2.75) is 0 Å². The monoisotopic (exact) mass is 346 g/mol. The topological polar surface area (TPSA) is 86.0 Å². The van der Waals surface area contributed by atoms with E-state index in [0.29, 0.717) is 6.07 Å². The van der Waals surface area contributed by atoms with Gasteiger partial charge in [0, 0.05) is 20.2 Å². The van der Waals surface area contributed by atoms with E-state index in [0.717, 1.165) is 16.7 Å². The van der Waals surface area contributed by atoms with E-state index in [1.165, 1.54) is 30.9 Å². The van der Waals surface area contributed by atoms with Crippen molar-refractivity contribution in [3.8, 4) is 0 Å². The molecule has 0 aliphatic rings. The molecule has 0 radical (unpaired) electrons. The zero-order chi connectivity index (χ0) is 18.3. The fourth-order valence-electron chi connectivity index (χ4n) is 2.41. The number of nitrogens with zero attached hydrogens (tertiary/aromatic N) is 3. The smallest absolute Gasteiger partial charge is 0.320 e. The number of benzene rings is 1.